The molecule has 0 bridgehead atoms. The maximum absolute atomic E-state index is 10.0. The van der Waals surface area contributed by atoms with E-state index in [2.05, 4.69) is 48.6 Å². The predicted molar refractivity (Wildman–Crippen MR) is 87.4 cm³/mol. The van der Waals surface area contributed by atoms with Gasteiger partial charge in [0.15, 0.2) is 0 Å². The molecule has 0 saturated carbocycles. The minimum absolute atomic E-state index is 0.318. The number of phenolic OH excluding ortho intramolecular Hbond substituents is 1. The fourth-order valence-electron chi connectivity index (χ4n) is 2.48. The van der Waals surface area contributed by atoms with Gasteiger partial charge in [0.05, 0.1) is 0 Å². The average Bonchev–Trinajstić information content (AvgIpc) is 2.48. The summed E-state index contributed by atoms with van der Waals surface area (Å²) in [4.78, 5) is 2.21. The SMILES string of the molecule is Cc1cccc(CNCC(c2ccccc2)N(C)C)c1O. The third kappa shape index (κ3) is 4.06. The molecule has 21 heavy (non-hydrogen) atoms. The number of hydrogen-bond acceptors (Lipinski definition) is 3. The molecule has 1 unspecified atom stereocenters. The molecular formula is C18H24N2O. The molecule has 112 valence electrons. The molecule has 3 heteroatoms. The standard InChI is InChI=1S/C18H24N2O/c1-14-8-7-11-16(18(14)21)12-19-13-17(20(2)3)15-9-5-4-6-10-15/h4-11,17,19,21H,12-13H2,1-3H3. The normalized spacial score (nSPS) is 12.6. The van der Waals surface area contributed by atoms with Crippen molar-refractivity contribution in [2.45, 2.75) is 19.5 Å². The third-order valence-electron chi connectivity index (χ3n) is 3.78. The van der Waals surface area contributed by atoms with Crippen molar-refractivity contribution in [2.75, 3.05) is 20.6 Å². The number of hydrogen-bond donors (Lipinski definition) is 2. The smallest absolute Gasteiger partial charge is 0.122 e. The van der Waals surface area contributed by atoms with Crippen molar-refractivity contribution in [3.63, 3.8) is 0 Å². The number of aromatic hydroxyl groups is 1. The molecule has 2 N–H and O–H groups in total. The van der Waals surface area contributed by atoms with Crippen LogP contribution in [0.1, 0.15) is 22.7 Å². The van der Waals surface area contributed by atoms with Crippen LogP contribution in [0.15, 0.2) is 48.5 Å². The zero-order valence-corrected chi connectivity index (χ0v) is 13.0. The van der Waals surface area contributed by atoms with Gasteiger partial charge in [0, 0.05) is 24.7 Å². The molecule has 0 aromatic heterocycles. The zero-order valence-electron chi connectivity index (χ0n) is 13.0. The molecule has 0 saturated heterocycles. The van der Waals surface area contributed by atoms with E-state index in [4.69, 9.17) is 0 Å². The first-order valence-electron chi connectivity index (χ1n) is 7.29. The van der Waals surface area contributed by atoms with Crippen molar-refractivity contribution >= 4 is 0 Å². The van der Waals surface area contributed by atoms with E-state index >= 15 is 0 Å². The van der Waals surface area contributed by atoms with E-state index in [1.165, 1.54) is 5.56 Å². The number of nitrogens with zero attached hydrogens (tertiary/aromatic N) is 1. The second-order valence-corrected chi connectivity index (χ2v) is 5.60. The van der Waals surface area contributed by atoms with E-state index in [0.717, 1.165) is 17.7 Å². The van der Waals surface area contributed by atoms with Gasteiger partial charge in [-0.1, -0.05) is 48.5 Å². The second kappa shape index (κ2) is 7.25. The number of likely N-dealkylation sites (N-methyl/N-ethyl adjacent to an activating group) is 1. The van der Waals surface area contributed by atoms with Gasteiger partial charge in [-0.2, -0.15) is 0 Å². The predicted octanol–water partition coefficient (Wildman–Crippen LogP) is 3.09. The van der Waals surface area contributed by atoms with E-state index in [0.29, 0.717) is 18.3 Å². The van der Waals surface area contributed by atoms with Crippen LogP contribution in [0.3, 0.4) is 0 Å². The first kappa shape index (κ1) is 15.5. The Morgan fingerprint density at radius 1 is 1.05 bits per heavy atom. The topological polar surface area (TPSA) is 35.5 Å². The lowest BCUT2D eigenvalue weighted by molar-refractivity contribution is 0.288. The van der Waals surface area contributed by atoms with Gasteiger partial charge in [0.25, 0.3) is 0 Å². The highest BCUT2D eigenvalue weighted by molar-refractivity contribution is 5.39. The van der Waals surface area contributed by atoms with Crippen LogP contribution in [0.2, 0.25) is 0 Å². The number of aryl methyl sites for hydroxylation is 1. The molecule has 0 fully saturated rings. The Labute approximate surface area is 127 Å². The summed E-state index contributed by atoms with van der Waals surface area (Å²) in [5.41, 5.74) is 3.16. The van der Waals surface area contributed by atoms with Gasteiger partial charge in [-0.05, 0) is 32.1 Å². The Morgan fingerprint density at radius 3 is 2.43 bits per heavy atom. The van der Waals surface area contributed by atoms with Crippen molar-refractivity contribution in [3.05, 3.63) is 65.2 Å². The number of para-hydroxylation sites is 1. The molecule has 2 rings (SSSR count). The van der Waals surface area contributed by atoms with Crippen molar-refractivity contribution < 1.29 is 5.11 Å². The van der Waals surface area contributed by atoms with Crippen LogP contribution >= 0.6 is 0 Å². The van der Waals surface area contributed by atoms with Crippen LogP contribution in [0.5, 0.6) is 5.75 Å². The molecule has 0 spiro atoms. The summed E-state index contributed by atoms with van der Waals surface area (Å²) >= 11 is 0. The Bertz CT molecular complexity index is 567. The van der Waals surface area contributed by atoms with Gasteiger partial charge in [-0.25, -0.2) is 0 Å². The lowest BCUT2D eigenvalue weighted by atomic mass is 10.1. The first-order valence-corrected chi connectivity index (χ1v) is 7.29. The lowest BCUT2D eigenvalue weighted by Gasteiger charge is -2.25. The summed E-state index contributed by atoms with van der Waals surface area (Å²) in [5, 5.41) is 13.5. The Hall–Kier alpha value is -1.84. The Morgan fingerprint density at radius 2 is 1.76 bits per heavy atom. The Kier molecular flexibility index (Phi) is 5.37. The van der Waals surface area contributed by atoms with Gasteiger partial charge >= 0.3 is 0 Å². The molecule has 0 amide bonds. The van der Waals surface area contributed by atoms with E-state index in [-0.39, 0.29) is 0 Å². The lowest BCUT2D eigenvalue weighted by Crippen LogP contribution is -2.30. The molecule has 0 aliphatic carbocycles. The monoisotopic (exact) mass is 284 g/mol. The molecule has 0 aliphatic heterocycles. The first-order chi connectivity index (χ1) is 10.1. The van der Waals surface area contributed by atoms with Gasteiger partial charge in [0.2, 0.25) is 0 Å². The number of phenols is 1. The van der Waals surface area contributed by atoms with Crippen LogP contribution < -0.4 is 5.32 Å². The van der Waals surface area contributed by atoms with E-state index < -0.39 is 0 Å². The molecular weight excluding hydrogens is 260 g/mol. The average molecular weight is 284 g/mol. The summed E-state index contributed by atoms with van der Waals surface area (Å²) < 4.78 is 0. The van der Waals surface area contributed by atoms with E-state index in [1.807, 2.05) is 31.2 Å². The minimum atomic E-state index is 0.318. The van der Waals surface area contributed by atoms with E-state index in [1.54, 1.807) is 0 Å². The second-order valence-electron chi connectivity index (χ2n) is 5.60. The van der Waals surface area contributed by atoms with Gasteiger partial charge in [-0.15, -0.1) is 0 Å². The minimum Gasteiger partial charge on any atom is -0.507 e. The highest BCUT2D eigenvalue weighted by atomic mass is 16.3. The van der Waals surface area contributed by atoms with Crippen molar-refractivity contribution in [3.8, 4) is 5.75 Å². The fraction of sp³-hybridized carbons (Fsp3) is 0.333. The summed E-state index contributed by atoms with van der Waals surface area (Å²) in [6.07, 6.45) is 0. The molecule has 1 atom stereocenters. The van der Waals surface area contributed by atoms with Crippen LogP contribution in [0, 0.1) is 6.92 Å². The summed E-state index contributed by atoms with van der Waals surface area (Å²) in [6, 6.07) is 16.6. The molecule has 0 radical (unpaired) electrons. The van der Waals surface area contributed by atoms with Crippen LogP contribution in [-0.4, -0.2) is 30.6 Å². The summed E-state index contributed by atoms with van der Waals surface area (Å²) in [7, 11) is 4.17. The number of nitrogens with one attached hydrogen (secondary N) is 1. The Balaban J connectivity index is 1.99. The van der Waals surface area contributed by atoms with Crippen LogP contribution in [0.4, 0.5) is 0 Å². The van der Waals surface area contributed by atoms with Crippen molar-refractivity contribution in [2.24, 2.45) is 0 Å². The molecule has 0 aliphatic rings. The van der Waals surface area contributed by atoms with Crippen molar-refractivity contribution in [1.82, 2.24) is 10.2 Å². The molecule has 2 aromatic rings. The highest BCUT2D eigenvalue weighted by Gasteiger charge is 2.13. The number of rotatable bonds is 6. The molecule has 3 nitrogen and oxygen atoms in total. The summed E-state index contributed by atoms with van der Waals surface area (Å²) in [6.45, 7) is 3.43. The largest absolute Gasteiger partial charge is 0.507 e. The van der Waals surface area contributed by atoms with Crippen molar-refractivity contribution in [1.29, 1.82) is 0 Å². The third-order valence-corrected chi connectivity index (χ3v) is 3.78. The molecule has 0 heterocycles. The maximum atomic E-state index is 10.0. The highest BCUT2D eigenvalue weighted by Crippen LogP contribution is 2.22. The number of benzene rings is 2. The summed E-state index contributed by atoms with van der Waals surface area (Å²) in [5.74, 6) is 0.395. The quantitative estimate of drug-likeness (QED) is 0.855. The van der Waals surface area contributed by atoms with Crippen LogP contribution in [0.25, 0.3) is 0 Å². The van der Waals surface area contributed by atoms with Gasteiger partial charge in [0.1, 0.15) is 5.75 Å². The van der Waals surface area contributed by atoms with Gasteiger partial charge in [-0.3, -0.25) is 0 Å². The zero-order chi connectivity index (χ0) is 15.2. The van der Waals surface area contributed by atoms with Gasteiger partial charge < -0.3 is 15.3 Å². The molecule has 2 aromatic carbocycles. The fourth-order valence-corrected chi connectivity index (χ4v) is 2.48. The maximum Gasteiger partial charge on any atom is 0.122 e. The van der Waals surface area contributed by atoms with E-state index in [9.17, 15) is 5.11 Å². The van der Waals surface area contributed by atoms with Crippen LogP contribution in [-0.2, 0) is 6.54 Å².